The molecule has 0 unspecified atom stereocenters. The Morgan fingerprint density at radius 1 is 0.966 bits per heavy atom. The molecule has 0 radical (unpaired) electrons. The Morgan fingerprint density at radius 2 is 1.66 bits per heavy atom. The SMILES string of the molecule is COc1ccc(OC)c2sc(N3CCN(C(=O)c4ccc(C)c(C)c4)CC3)nc12. The summed E-state index contributed by atoms with van der Waals surface area (Å²) in [6.07, 6.45) is 0. The highest BCUT2D eigenvalue weighted by atomic mass is 32.1. The number of anilines is 1. The van der Waals surface area contributed by atoms with Gasteiger partial charge in [0.05, 0.1) is 14.2 Å². The Bertz CT molecular complexity index is 1010. The van der Waals surface area contributed by atoms with Crippen molar-refractivity contribution in [3.63, 3.8) is 0 Å². The van der Waals surface area contributed by atoms with Crippen LogP contribution in [0.5, 0.6) is 11.5 Å². The van der Waals surface area contributed by atoms with Crippen LogP contribution in [0.25, 0.3) is 10.2 Å². The van der Waals surface area contributed by atoms with Crippen molar-refractivity contribution in [1.82, 2.24) is 9.88 Å². The van der Waals surface area contributed by atoms with E-state index in [0.717, 1.165) is 51.1 Å². The Balaban J connectivity index is 1.51. The molecule has 1 aliphatic heterocycles. The Morgan fingerprint density at radius 3 is 2.31 bits per heavy atom. The zero-order valence-electron chi connectivity index (χ0n) is 17.2. The molecule has 1 fully saturated rings. The molecule has 1 amide bonds. The number of aryl methyl sites for hydroxylation is 2. The molecule has 6 nitrogen and oxygen atoms in total. The van der Waals surface area contributed by atoms with Crippen LogP contribution in [0.15, 0.2) is 30.3 Å². The van der Waals surface area contributed by atoms with Crippen molar-refractivity contribution in [2.45, 2.75) is 13.8 Å². The normalized spacial score (nSPS) is 14.3. The van der Waals surface area contributed by atoms with Crippen molar-refractivity contribution in [1.29, 1.82) is 0 Å². The van der Waals surface area contributed by atoms with E-state index in [1.807, 2.05) is 42.2 Å². The first-order valence-corrected chi connectivity index (χ1v) is 10.5. The van der Waals surface area contributed by atoms with Gasteiger partial charge in [0.2, 0.25) is 0 Å². The molecule has 152 valence electrons. The summed E-state index contributed by atoms with van der Waals surface area (Å²) in [5.41, 5.74) is 3.93. The number of methoxy groups -OCH3 is 2. The van der Waals surface area contributed by atoms with Crippen LogP contribution >= 0.6 is 11.3 Å². The molecule has 0 N–H and O–H groups in total. The first kappa shape index (κ1) is 19.5. The second-order valence-corrected chi connectivity index (χ2v) is 8.20. The molecule has 4 rings (SSSR count). The Kier molecular flexibility index (Phi) is 5.32. The number of thiazole rings is 1. The van der Waals surface area contributed by atoms with Crippen LogP contribution in [0, 0.1) is 13.8 Å². The van der Waals surface area contributed by atoms with Crippen molar-refractivity contribution < 1.29 is 14.3 Å². The molecule has 3 aromatic rings. The number of carbonyl (C=O) groups excluding carboxylic acids is 1. The molecule has 0 bridgehead atoms. The van der Waals surface area contributed by atoms with Gasteiger partial charge in [-0.05, 0) is 49.2 Å². The van der Waals surface area contributed by atoms with Crippen LogP contribution in [-0.2, 0) is 0 Å². The predicted octanol–water partition coefficient (Wildman–Crippen LogP) is 3.89. The first-order chi connectivity index (χ1) is 14.0. The molecule has 0 saturated carbocycles. The highest BCUT2D eigenvalue weighted by Gasteiger charge is 2.25. The molecule has 1 aliphatic rings. The van der Waals surface area contributed by atoms with E-state index in [1.165, 1.54) is 5.56 Å². The van der Waals surface area contributed by atoms with Crippen molar-refractivity contribution in [2.24, 2.45) is 0 Å². The molecule has 0 atom stereocenters. The number of nitrogens with zero attached hydrogens (tertiary/aromatic N) is 3. The van der Waals surface area contributed by atoms with Gasteiger partial charge in [0, 0.05) is 31.7 Å². The van der Waals surface area contributed by atoms with E-state index in [2.05, 4.69) is 11.8 Å². The number of hydrogen-bond donors (Lipinski definition) is 0. The number of hydrogen-bond acceptors (Lipinski definition) is 6. The lowest BCUT2D eigenvalue weighted by Crippen LogP contribution is -2.48. The summed E-state index contributed by atoms with van der Waals surface area (Å²) >= 11 is 1.60. The number of benzene rings is 2. The van der Waals surface area contributed by atoms with Crippen LogP contribution in [-0.4, -0.2) is 56.2 Å². The third-order valence-corrected chi connectivity index (χ3v) is 6.62. The topological polar surface area (TPSA) is 54.9 Å². The largest absolute Gasteiger partial charge is 0.495 e. The minimum atomic E-state index is 0.0976. The maximum absolute atomic E-state index is 12.9. The van der Waals surface area contributed by atoms with E-state index >= 15 is 0 Å². The van der Waals surface area contributed by atoms with E-state index in [9.17, 15) is 4.79 Å². The van der Waals surface area contributed by atoms with Gasteiger partial charge in [-0.3, -0.25) is 4.79 Å². The fraction of sp³-hybridized carbons (Fsp3) is 0.364. The molecule has 29 heavy (non-hydrogen) atoms. The maximum atomic E-state index is 12.9. The monoisotopic (exact) mass is 411 g/mol. The van der Waals surface area contributed by atoms with E-state index in [1.54, 1.807) is 25.6 Å². The van der Waals surface area contributed by atoms with Gasteiger partial charge in [-0.1, -0.05) is 17.4 Å². The van der Waals surface area contributed by atoms with Crippen LogP contribution in [0.2, 0.25) is 0 Å². The van der Waals surface area contributed by atoms with Gasteiger partial charge in [0.25, 0.3) is 5.91 Å². The van der Waals surface area contributed by atoms with Gasteiger partial charge >= 0.3 is 0 Å². The summed E-state index contributed by atoms with van der Waals surface area (Å²) in [5.74, 6) is 1.64. The van der Waals surface area contributed by atoms with Gasteiger partial charge in [-0.2, -0.15) is 0 Å². The third-order valence-electron chi connectivity index (χ3n) is 5.49. The first-order valence-electron chi connectivity index (χ1n) is 9.65. The standard InChI is InChI=1S/C22H25N3O3S/c1-14-5-6-16(13-15(14)2)21(26)24-9-11-25(12-10-24)22-23-19-17(27-3)7-8-18(28-4)20(19)29-22/h5-8,13H,9-12H2,1-4H3. The molecule has 0 aliphatic carbocycles. The molecular weight excluding hydrogens is 386 g/mol. The lowest BCUT2D eigenvalue weighted by Gasteiger charge is -2.34. The van der Waals surface area contributed by atoms with Crippen LogP contribution < -0.4 is 14.4 Å². The summed E-state index contributed by atoms with van der Waals surface area (Å²) in [6.45, 7) is 6.96. The summed E-state index contributed by atoms with van der Waals surface area (Å²) in [5, 5.41) is 0.932. The van der Waals surface area contributed by atoms with Crippen LogP contribution in [0.3, 0.4) is 0 Å². The average molecular weight is 412 g/mol. The Labute approximate surface area is 174 Å². The van der Waals surface area contributed by atoms with Crippen molar-refractivity contribution in [2.75, 3.05) is 45.3 Å². The minimum Gasteiger partial charge on any atom is -0.495 e. The number of ether oxygens (including phenoxy) is 2. The molecule has 2 heterocycles. The summed E-state index contributed by atoms with van der Waals surface area (Å²) in [6, 6.07) is 9.70. The highest BCUT2D eigenvalue weighted by molar-refractivity contribution is 7.22. The van der Waals surface area contributed by atoms with Gasteiger partial charge in [-0.15, -0.1) is 0 Å². The maximum Gasteiger partial charge on any atom is 0.253 e. The highest BCUT2D eigenvalue weighted by Crippen LogP contribution is 2.40. The van der Waals surface area contributed by atoms with Crippen molar-refractivity contribution in [3.8, 4) is 11.5 Å². The number of rotatable bonds is 4. The lowest BCUT2D eigenvalue weighted by atomic mass is 10.1. The smallest absolute Gasteiger partial charge is 0.253 e. The third kappa shape index (κ3) is 3.62. The molecule has 7 heteroatoms. The number of piperazine rings is 1. The van der Waals surface area contributed by atoms with E-state index in [0.29, 0.717) is 13.1 Å². The molecule has 2 aromatic carbocycles. The summed E-state index contributed by atoms with van der Waals surface area (Å²) < 4.78 is 11.9. The summed E-state index contributed by atoms with van der Waals surface area (Å²) in [7, 11) is 3.31. The number of amides is 1. The zero-order chi connectivity index (χ0) is 20.5. The van der Waals surface area contributed by atoms with E-state index < -0.39 is 0 Å². The molecular formula is C22H25N3O3S. The van der Waals surface area contributed by atoms with Crippen LogP contribution in [0.1, 0.15) is 21.5 Å². The average Bonchev–Trinajstić information content (AvgIpc) is 3.20. The number of fused-ring (bicyclic) bond motifs is 1. The predicted molar refractivity (Wildman–Crippen MR) is 117 cm³/mol. The van der Waals surface area contributed by atoms with Gasteiger partial charge in [0.15, 0.2) is 5.13 Å². The summed E-state index contributed by atoms with van der Waals surface area (Å²) in [4.78, 5) is 21.8. The van der Waals surface area contributed by atoms with Gasteiger partial charge < -0.3 is 19.3 Å². The van der Waals surface area contributed by atoms with E-state index in [-0.39, 0.29) is 5.91 Å². The molecule has 1 aromatic heterocycles. The number of carbonyl (C=O) groups is 1. The van der Waals surface area contributed by atoms with Crippen molar-refractivity contribution in [3.05, 3.63) is 47.0 Å². The van der Waals surface area contributed by atoms with Crippen LogP contribution in [0.4, 0.5) is 5.13 Å². The zero-order valence-corrected chi connectivity index (χ0v) is 18.0. The second kappa shape index (κ2) is 7.91. The minimum absolute atomic E-state index is 0.0976. The molecule has 0 spiro atoms. The molecule has 1 saturated heterocycles. The lowest BCUT2D eigenvalue weighted by molar-refractivity contribution is 0.0746. The fourth-order valence-corrected chi connectivity index (χ4v) is 4.69. The van der Waals surface area contributed by atoms with Gasteiger partial charge in [0.1, 0.15) is 21.7 Å². The van der Waals surface area contributed by atoms with Crippen molar-refractivity contribution >= 4 is 32.6 Å². The van der Waals surface area contributed by atoms with E-state index in [4.69, 9.17) is 14.5 Å². The quantitative estimate of drug-likeness (QED) is 0.652. The second-order valence-electron chi connectivity index (χ2n) is 7.22. The van der Waals surface area contributed by atoms with Gasteiger partial charge in [-0.25, -0.2) is 4.98 Å². The fourth-order valence-electron chi connectivity index (χ4n) is 3.57. The Hall–Kier alpha value is -2.80. The number of aromatic nitrogens is 1.